The topological polar surface area (TPSA) is 35.0 Å². The summed E-state index contributed by atoms with van der Waals surface area (Å²) in [7, 11) is 0. The fourth-order valence-corrected chi connectivity index (χ4v) is 1.95. The third kappa shape index (κ3) is 3.40. The van der Waals surface area contributed by atoms with Crippen molar-refractivity contribution >= 4 is 27.5 Å². The summed E-state index contributed by atoms with van der Waals surface area (Å²) >= 11 is 8.95. The third-order valence-corrected chi connectivity index (χ3v) is 3.02. The highest BCUT2D eigenvalue weighted by Crippen LogP contribution is 2.40. The molecule has 2 rings (SSSR count). The van der Waals surface area contributed by atoms with Gasteiger partial charge in [-0.3, -0.25) is 0 Å². The fraction of sp³-hybridized carbons (Fsp3) is 0.167. The Morgan fingerprint density at radius 1 is 1.15 bits per heavy atom. The number of hydrogen-bond acceptors (Lipinski definition) is 3. The number of nitrogens with zero attached hydrogens (tertiary/aromatic N) is 2. The Bertz CT molecular complexity index is 632. The molecule has 3 nitrogen and oxygen atoms in total. The molecule has 2 aromatic rings. The number of hydrogen-bond donors (Lipinski definition) is 0. The fourth-order valence-electron chi connectivity index (χ4n) is 1.43. The van der Waals surface area contributed by atoms with Crippen LogP contribution in [0.1, 0.15) is 11.5 Å². The van der Waals surface area contributed by atoms with Crippen molar-refractivity contribution in [1.29, 1.82) is 0 Å². The molecule has 0 aliphatic rings. The van der Waals surface area contributed by atoms with Gasteiger partial charge in [-0.25, -0.2) is 9.97 Å². The second-order valence-corrected chi connectivity index (χ2v) is 5.07. The normalized spacial score (nSPS) is 11.5. The smallest absolute Gasteiger partial charge is 0.437 e. The van der Waals surface area contributed by atoms with Crippen LogP contribution in [-0.4, -0.2) is 9.97 Å². The Kier molecular flexibility index (Phi) is 4.19. The molecule has 0 bridgehead atoms. The van der Waals surface area contributed by atoms with E-state index in [9.17, 15) is 13.2 Å². The first kappa shape index (κ1) is 15.1. The summed E-state index contributed by atoms with van der Waals surface area (Å²) in [4.78, 5) is 7.05. The minimum absolute atomic E-state index is 0.0783. The lowest BCUT2D eigenvalue weighted by Gasteiger charge is -2.14. The molecule has 0 unspecified atom stereocenters. The number of aromatic nitrogens is 2. The molecular formula is C12H7BrClF3N2O. The summed E-state index contributed by atoms with van der Waals surface area (Å²) in [6.07, 6.45) is -4.68. The van der Waals surface area contributed by atoms with Crippen molar-refractivity contribution in [3.8, 4) is 11.5 Å². The van der Waals surface area contributed by atoms with Gasteiger partial charge in [0.05, 0.1) is 0 Å². The van der Waals surface area contributed by atoms with Gasteiger partial charge in [0.25, 0.3) is 0 Å². The molecular weight excluding hydrogens is 360 g/mol. The first-order valence-electron chi connectivity index (χ1n) is 5.32. The van der Waals surface area contributed by atoms with Crippen LogP contribution in [0.4, 0.5) is 13.2 Å². The van der Waals surface area contributed by atoms with E-state index in [4.69, 9.17) is 16.3 Å². The summed E-state index contributed by atoms with van der Waals surface area (Å²) in [6.45, 7) is 1.32. The number of benzene rings is 1. The van der Waals surface area contributed by atoms with Crippen LogP contribution in [0.2, 0.25) is 5.15 Å². The van der Waals surface area contributed by atoms with Gasteiger partial charge >= 0.3 is 6.18 Å². The Balaban J connectivity index is 2.47. The van der Waals surface area contributed by atoms with E-state index < -0.39 is 17.6 Å². The van der Waals surface area contributed by atoms with E-state index in [1.807, 2.05) is 0 Å². The molecule has 0 atom stereocenters. The second kappa shape index (κ2) is 5.57. The minimum atomic E-state index is -4.68. The third-order valence-electron chi connectivity index (χ3n) is 2.24. The van der Waals surface area contributed by atoms with Crippen molar-refractivity contribution in [3.63, 3.8) is 0 Å². The lowest BCUT2D eigenvalue weighted by molar-refractivity contribution is -0.142. The van der Waals surface area contributed by atoms with Crippen molar-refractivity contribution < 1.29 is 17.9 Å². The zero-order valence-electron chi connectivity index (χ0n) is 10.0. The number of alkyl halides is 3. The van der Waals surface area contributed by atoms with Gasteiger partial charge in [-0.15, -0.1) is 0 Å². The predicted molar refractivity (Wildman–Crippen MR) is 71.0 cm³/mol. The molecule has 0 saturated carbocycles. The molecule has 1 aromatic heterocycles. The standard InChI is InChI=1S/C12H7BrClF3N2O/c1-6-18-10(12(15,16)17)9(11(14)19-6)20-8-4-2-7(13)3-5-8/h2-5H,1H3. The zero-order chi connectivity index (χ0) is 14.9. The second-order valence-electron chi connectivity index (χ2n) is 3.79. The van der Waals surface area contributed by atoms with Gasteiger partial charge in [0.15, 0.2) is 16.6 Å². The maximum absolute atomic E-state index is 12.9. The minimum Gasteiger partial charge on any atom is -0.452 e. The lowest BCUT2D eigenvalue weighted by Crippen LogP contribution is -2.12. The van der Waals surface area contributed by atoms with Gasteiger partial charge in [-0.05, 0) is 31.2 Å². The van der Waals surface area contributed by atoms with Crippen LogP contribution in [0.5, 0.6) is 11.5 Å². The van der Waals surface area contributed by atoms with Crippen molar-refractivity contribution in [2.75, 3.05) is 0 Å². The molecule has 106 valence electrons. The molecule has 20 heavy (non-hydrogen) atoms. The molecule has 1 heterocycles. The Morgan fingerprint density at radius 3 is 2.30 bits per heavy atom. The van der Waals surface area contributed by atoms with Crippen LogP contribution in [0.25, 0.3) is 0 Å². The Labute approximate surface area is 125 Å². The van der Waals surface area contributed by atoms with E-state index in [0.717, 1.165) is 4.47 Å². The van der Waals surface area contributed by atoms with Gasteiger partial charge in [-0.2, -0.15) is 13.2 Å². The molecule has 0 saturated heterocycles. The maximum atomic E-state index is 12.9. The predicted octanol–water partition coefficient (Wildman–Crippen LogP) is 5.01. The lowest BCUT2D eigenvalue weighted by atomic mass is 10.3. The number of ether oxygens (including phenoxy) is 1. The molecule has 1 aromatic carbocycles. The zero-order valence-corrected chi connectivity index (χ0v) is 12.3. The molecule has 0 fully saturated rings. The summed E-state index contributed by atoms with van der Waals surface area (Å²) in [6, 6.07) is 6.26. The molecule has 0 radical (unpaired) electrons. The maximum Gasteiger partial charge on any atom is 0.437 e. The summed E-state index contributed by atoms with van der Waals surface area (Å²) < 4.78 is 44.8. The van der Waals surface area contributed by atoms with Crippen LogP contribution in [0.3, 0.4) is 0 Å². The Morgan fingerprint density at radius 2 is 1.75 bits per heavy atom. The van der Waals surface area contributed by atoms with Crippen LogP contribution in [0.15, 0.2) is 28.7 Å². The summed E-state index contributed by atoms with van der Waals surface area (Å²) in [5.41, 5.74) is -1.20. The van der Waals surface area contributed by atoms with Crippen LogP contribution in [0, 0.1) is 6.92 Å². The monoisotopic (exact) mass is 366 g/mol. The van der Waals surface area contributed by atoms with Crippen LogP contribution < -0.4 is 4.74 Å². The molecule has 0 spiro atoms. The highest BCUT2D eigenvalue weighted by Gasteiger charge is 2.38. The molecule has 0 N–H and O–H groups in total. The summed E-state index contributed by atoms with van der Waals surface area (Å²) in [5, 5.41) is -0.382. The first-order chi connectivity index (χ1) is 9.27. The largest absolute Gasteiger partial charge is 0.452 e. The van der Waals surface area contributed by atoms with Gasteiger partial charge in [0, 0.05) is 4.47 Å². The molecule has 0 aliphatic carbocycles. The molecule has 0 aliphatic heterocycles. The summed E-state index contributed by atoms with van der Waals surface area (Å²) in [5.74, 6) is -0.481. The number of halogens is 5. The highest BCUT2D eigenvalue weighted by atomic mass is 79.9. The van der Waals surface area contributed by atoms with E-state index >= 15 is 0 Å². The average molecular weight is 368 g/mol. The van der Waals surface area contributed by atoms with E-state index in [-0.39, 0.29) is 16.7 Å². The van der Waals surface area contributed by atoms with Gasteiger partial charge < -0.3 is 4.74 Å². The van der Waals surface area contributed by atoms with Crippen molar-refractivity contribution in [2.45, 2.75) is 13.1 Å². The van der Waals surface area contributed by atoms with Gasteiger partial charge in [-0.1, -0.05) is 27.5 Å². The van der Waals surface area contributed by atoms with Crippen molar-refractivity contribution in [1.82, 2.24) is 9.97 Å². The van der Waals surface area contributed by atoms with Gasteiger partial charge in [0.1, 0.15) is 11.6 Å². The number of aryl methyl sites for hydroxylation is 1. The molecule has 8 heteroatoms. The van der Waals surface area contributed by atoms with Crippen LogP contribution >= 0.6 is 27.5 Å². The first-order valence-corrected chi connectivity index (χ1v) is 6.49. The van der Waals surface area contributed by atoms with Gasteiger partial charge in [0.2, 0.25) is 0 Å². The Hall–Kier alpha value is -1.34. The van der Waals surface area contributed by atoms with E-state index in [1.165, 1.54) is 19.1 Å². The number of rotatable bonds is 2. The quantitative estimate of drug-likeness (QED) is 0.700. The van der Waals surface area contributed by atoms with Crippen molar-refractivity contribution in [2.24, 2.45) is 0 Å². The SMILES string of the molecule is Cc1nc(Cl)c(Oc2ccc(Br)cc2)c(C(F)(F)F)n1. The van der Waals surface area contributed by atoms with E-state index in [2.05, 4.69) is 25.9 Å². The molecule has 0 amide bonds. The average Bonchev–Trinajstić information content (AvgIpc) is 2.33. The van der Waals surface area contributed by atoms with Crippen molar-refractivity contribution in [3.05, 3.63) is 45.4 Å². The van der Waals surface area contributed by atoms with Crippen LogP contribution in [-0.2, 0) is 6.18 Å². The van der Waals surface area contributed by atoms with E-state index in [0.29, 0.717) is 0 Å². The van der Waals surface area contributed by atoms with E-state index in [1.54, 1.807) is 12.1 Å². The highest BCUT2D eigenvalue weighted by molar-refractivity contribution is 9.10.